The summed E-state index contributed by atoms with van der Waals surface area (Å²) in [5.74, 6) is 0.0152. The number of carbonyl (C=O) groups is 1. The number of anilines is 1. The van der Waals surface area contributed by atoms with Crippen LogP contribution in [0.2, 0.25) is 0 Å². The third-order valence-electron chi connectivity index (χ3n) is 3.35. The number of carbonyl (C=O) groups excluding carboxylic acids is 1. The number of benzene rings is 1. The van der Waals surface area contributed by atoms with Gasteiger partial charge in [-0.15, -0.1) is 0 Å². The van der Waals surface area contributed by atoms with Crippen molar-refractivity contribution in [2.45, 2.75) is 32.5 Å². The van der Waals surface area contributed by atoms with Crippen LogP contribution < -0.4 is 10.9 Å². The molecule has 0 aliphatic rings. The van der Waals surface area contributed by atoms with Gasteiger partial charge < -0.3 is 15.0 Å². The average molecular weight is 347 g/mol. The molecule has 0 atom stereocenters. The standard InChI is InChI=1S/C17H21N3O3S/c1-10-5-11(2)16(12(3)6-10)19-15(22)9-24-17-18-13(8-23-4)7-14(21)20-17/h5-7H,8-9H2,1-4H3,(H,19,22)(H,18,20,21). The van der Waals surface area contributed by atoms with Gasteiger partial charge in [-0.3, -0.25) is 9.59 Å². The number of nitrogens with zero attached hydrogens (tertiary/aromatic N) is 1. The number of thioether (sulfide) groups is 1. The molecule has 0 unspecified atom stereocenters. The van der Waals surface area contributed by atoms with E-state index in [1.165, 1.54) is 24.9 Å². The molecule has 2 rings (SSSR count). The second-order valence-electron chi connectivity index (χ2n) is 5.59. The molecule has 0 aliphatic carbocycles. The minimum Gasteiger partial charge on any atom is -0.378 e. The third kappa shape index (κ3) is 4.94. The molecule has 24 heavy (non-hydrogen) atoms. The Labute approximate surface area is 145 Å². The van der Waals surface area contributed by atoms with Crippen molar-refractivity contribution in [3.63, 3.8) is 0 Å². The van der Waals surface area contributed by atoms with Gasteiger partial charge in [-0.2, -0.15) is 0 Å². The minimum atomic E-state index is -0.259. The van der Waals surface area contributed by atoms with E-state index in [-0.39, 0.29) is 23.8 Å². The van der Waals surface area contributed by atoms with Gasteiger partial charge in [0.15, 0.2) is 5.16 Å². The monoisotopic (exact) mass is 347 g/mol. The molecule has 0 aliphatic heterocycles. The number of methoxy groups -OCH3 is 1. The van der Waals surface area contributed by atoms with Crippen LogP contribution in [0.3, 0.4) is 0 Å². The molecule has 128 valence electrons. The average Bonchev–Trinajstić information content (AvgIpc) is 2.48. The lowest BCUT2D eigenvalue weighted by molar-refractivity contribution is -0.113. The first-order valence-corrected chi connectivity index (χ1v) is 8.47. The summed E-state index contributed by atoms with van der Waals surface area (Å²) in [5.41, 5.74) is 4.33. The number of hydrogen-bond donors (Lipinski definition) is 2. The largest absolute Gasteiger partial charge is 0.378 e. The molecule has 0 bridgehead atoms. The smallest absolute Gasteiger partial charge is 0.251 e. The summed E-state index contributed by atoms with van der Waals surface area (Å²) in [6.45, 7) is 6.22. The number of amides is 1. The van der Waals surface area contributed by atoms with E-state index < -0.39 is 0 Å². The van der Waals surface area contributed by atoms with Crippen LogP contribution in [-0.4, -0.2) is 28.7 Å². The van der Waals surface area contributed by atoms with Crippen LogP contribution in [0.5, 0.6) is 0 Å². The normalized spacial score (nSPS) is 10.7. The third-order valence-corrected chi connectivity index (χ3v) is 4.22. The second-order valence-corrected chi connectivity index (χ2v) is 6.55. The SMILES string of the molecule is COCc1cc(=O)[nH]c(SCC(=O)Nc2c(C)cc(C)cc2C)n1. The highest BCUT2D eigenvalue weighted by Crippen LogP contribution is 2.22. The molecule has 1 aromatic heterocycles. The number of aromatic amines is 1. The molecule has 0 saturated heterocycles. The maximum atomic E-state index is 12.2. The first kappa shape index (κ1) is 18.2. The molecule has 1 aromatic carbocycles. The summed E-state index contributed by atoms with van der Waals surface area (Å²) in [4.78, 5) is 30.6. The number of hydrogen-bond acceptors (Lipinski definition) is 5. The molecule has 1 heterocycles. The molecule has 6 nitrogen and oxygen atoms in total. The van der Waals surface area contributed by atoms with Crippen LogP contribution in [0.15, 0.2) is 28.2 Å². The summed E-state index contributed by atoms with van der Waals surface area (Å²) in [6, 6.07) is 5.44. The minimum absolute atomic E-state index is 0.144. The Kier molecular flexibility index (Phi) is 6.16. The summed E-state index contributed by atoms with van der Waals surface area (Å²) >= 11 is 1.18. The van der Waals surface area contributed by atoms with Gasteiger partial charge in [-0.1, -0.05) is 29.5 Å². The summed E-state index contributed by atoms with van der Waals surface area (Å²) in [6.07, 6.45) is 0. The quantitative estimate of drug-likeness (QED) is 0.620. The van der Waals surface area contributed by atoms with Gasteiger partial charge in [0.2, 0.25) is 5.91 Å². The Morgan fingerprint density at radius 1 is 1.25 bits per heavy atom. The van der Waals surface area contributed by atoms with Crippen LogP contribution in [0.4, 0.5) is 5.69 Å². The highest BCUT2D eigenvalue weighted by atomic mass is 32.2. The molecule has 7 heteroatoms. The zero-order chi connectivity index (χ0) is 17.7. The van der Waals surface area contributed by atoms with Gasteiger partial charge in [0.25, 0.3) is 5.56 Å². The summed E-state index contributed by atoms with van der Waals surface area (Å²) in [5, 5.41) is 3.33. The fraction of sp³-hybridized carbons (Fsp3) is 0.353. The van der Waals surface area contributed by atoms with E-state index in [1.54, 1.807) is 0 Å². The van der Waals surface area contributed by atoms with E-state index in [0.29, 0.717) is 10.9 Å². The maximum Gasteiger partial charge on any atom is 0.251 e. The van der Waals surface area contributed by atoms with Gasteiger partial charge >= 0.3 is 0 Å². The van der Waals surface area contributed by atoms with Crippen molar-refractivity contribution in [3.8, 4) is 0 Å². The lowest BCUT2D eigenvalue weighted by Gasteiger charge is -2.12. The zero-order valence-electron chi connectivity index (χ0n) is 14.2. The van der Waals surface area contributed by atoms with E-state index in [0.717, 1.165) is 22.4 Å². The fourth-order valence-electron chi connectivity index (χ4n) is 2.46. The van der Waals surface area contributed by atoms with Crippen LogP contribution >= 0.6 is 11.8 Å². The molecular formula is C17H21N3O3S. The summed E-state index contributed by atoms with van der Waals surface area (Å²) in [7, 11) is 1.54. The van der Waals surface area contributed by atoms with Gasteiger partial charge in [-0.05, 0) is 31.9 Å². The Hall–Kier alpha value is -2.12. The predicted molar refractivity (Wildman–Crippen MR) is 95.6 cm³/mol. The van der Waals surface area contributed by atoms with Crippen molar-refractivity contribution < 1.29 is 9.53 Å². The summed E-state index contributed by atoms with van der Waals surface area (Å²) < 4.78 is 4.97. The Morgan fingerprint density at radius 2 is 1.92 bits per heavy atom. The van der Waals surface area contributed by atoms with Gasteiger partial charge in [0.05, 0.1) is 18.1 Å². The number of ether oxygens (including phenoxy) is 1. The first-order chi connectivity index (χ1) is 11.4. The Morgan fingerprint density at radius 3 is 2.54 bits per heavy atom. The maximum absolute atomic E-state index is 12.2. The van der Waals surface area contributed by atoms with Crippen molar-refractivity contribution in [2.75, 3.05) is 18.2 Å². The number of aryl methyl sites for hydroxylation is 3. The van der Waals surface area contributed by atoms with E-state index in [2.05, 4.69) is 15.3 Å². The van der Waals surface area contributed by atoms with Crippen LogP contribution in [0.1, 0.15) is 22.4 Å². The number of nitrogens with one attached hydrogen (secondary N) is 2. The lowest BCUT2D eigenvalue weighted by Crippen LogP contribution is -2.17. The van der Waals surface area contributed by atoms with Gasteiger partial charge in [-0.25, -0.2) is 4.98 Å². The van der Waals surface area contributed by atoms with Crippen molar-refractivity contribution in [1.82, 2.24) is 9.97 Å². The van der Waals surface area contributed by atoms with Crippen LogP contribution in [0.25, 0.3) is 0 Å². The molecular weight excluding hydrogens is 326 g/mol. The Bertz CT molecular complexity index is 779. The molecule has 0 spiro atoms. The fourth-order valence-corrected chi connectivity index (χ4v) is 3.15. The number of H-pyrrole nitrogens is 1. The zero-order valence-corrected chi connectivity index (χ0v) is 15.0. The van der Waals surface area contributed by atoms with Gasteiger partial charge in [0.1, 0.15) is 0 Å². The molecule has 0 radical (unpaired) electrons. The van der Waals surface area contributed by atoms with Crippen molar-refractivity contribution in [2.24, 2.45) is 0 Å². The van der Waals surface area contributed by atoms with E-state index in [1.807, 2.05) is 32.9 Å². The molecule has 1 amide bonds. The number of rotatable bonds is 6. The van der Waals surface area contributed by atoms with Crippen LogP contribution in [0, 0.1) is 20.8 Å². The molecule has 0 saturated carbocycles. The second kappa shape index (κ2) is 8.12. The van der Waals surface area contributed by atoms with Crippen molar-refractivity contribution in [3.05, 3.63) is 50.9 Å². The Balaban J connectivity index is 2.03. The molecule has 0 fully saturated rings. The highest BCUT2D eigenvalue weighted by Gasteiger charge is 2.10. The molecule has 2 N–H and O–H groups in total. The van der Waals surface area contributed by atoms with E-state index >= 15 is 0 Å². The van der Waals surface area contributed by atoms with E-state index in [4.69, 9.17) is 4.74 Å². The van der Waals surface area contributed by atoms with Crippen molar-refractivity contribution in [1.29, 1.82) is 0 Å². The highest BCUT2D eigenvalue weighted by molar-refractivity contribution is 7.99. The van der Waals surface area contributed by atoms with Crippen LogP contribution in [-0.2, 0) is 16.1 Å². The molecule has 2 aromatic rings. The van der Waals surface area contributed by atoms with Crippen molar-refractivity contribution >= 4 is 23.4 Å². The van der Waals surface area contributed by atoms with Gasteiger partial charge in [0, 0.05) is 18.9 Å². The number of aromatic nitrogens is 2. The van der Waals surface area contributed by atoms with E-state index in [9.17, 15) is 9.59 Å². The predicted octanol–water partition coefficient (Wildman–Crippen LogP) is 2.57. The topological polar surface area (TPSA) is 84.1 Å². The first-order valence-electron chi connectivity index (χ1n) is 7.48. The lowest BCUT2D eigenvalue weighted by atomic mass is 10.1.